The van der Waals surface area contributed by atoms with E-state index in [1.54, 1.807) is 5.57 Å². The smallest absolute Gasteiger partial charge is 0.127 e. The van der Waals surface area contributed by atoms with Crippen LogP contribution in [0.1, 0.15) is 83.9 Å². The van der Waals surface area contributed by atoms with Gasteiger partial charge in [0.2, 0.25) is 0 Å². The van der Waals surface area contributed by atoms with E-state index < -0.39 is 0 Å². The zero-order valence-corrected chi connectivity index (χ0v) is 21.0. The molecule has 1 aromatic rings. The Labute approximate surface area is 199 Å². The van der Waals surface area contributed by atoms with Gasteiger partial charge in [-0.05, 0) is 106 Å². The van der Waals surface area contributed by atoms with Crippen molar-refractivity contribution < 1.29 is 9.26 Å². The van der Waals surface area contributed by atoms with E-state index in [4.69, 9.17) is 9.26 Å². The van der Waals surface area contributed by atoms with Gasteiger partial charge in [0.05, 0.1) is 17.4 Å². The minimum atomic E-state index is 0.0621. The van der Waals surface area contributed by atoms with Gasteiger partial charge in [-0.2, -0.15) is 0 Å². The van der Waals surface area contributed by atoms with Gasteiger partial charge in [0.25, 0.3) is 0 Å². The summed E-state index contributed by atoms with van der Waals surface area (Å²) in [6, 6.07) is 0.555. The Kier molecular flexibility index (Phi) is 4.62. The van der Waals surface area contributed by atoms with E-state index in [9.17, 15) is 0 Å². The topological polar surface area (TPSA) is 47.3 Å². The van der Waals surface area contributed by atoms with Gasteiger partial charge in [-0.25, -0.2) is 0 Å². The molecule has 7 rings (SSSR count). The molecule has 1 unspecified atom stereocenters. The third-order valence-electron chi connectivity index (χ3n) is 11.8. The second-order valence-electron chi connectivity index (χ2n) is 13.3. The van der Waals surface area contributed by atoms with Gasteiger partial charge < -0.3 is 14.6 Å². The first-order valence-corrected chi connectivity index (χ1v) is 13.9. The molecular weight excluding hydrogens is 408 g/mol. The van der Waals surface area contributed by atoms with Crippen molar-refractivity contribution in [2.45, 2.75) is 103 Å². The van der Waals surface area contributed by atoms with Gasteiger partial charge in [0, 0.05) is 17.5 Å². The van der Waals surface area contributed by atoms with E-state index in [1.807, 2.05) is 11.8 Å². The summed E-state index contributed by atoms with van der Waals surface area (Å²) >= 11 is 0. The van der Waals surface area contributed by atoms with Crippen molar-refractivity contribution in [1.29, 1.82) is 0 Å². The molecule has 4 fully saturated rings. The summed E-state index contributed by atoms with van der Waals surface area (Å²) in [6.45, 7) is 11.1. The zero-order chi connectivity index (χ0) is 22.5. The average molecular weight is 451 g/mol. The van der Waals surface area contributed by atoms with Crippen molar-refractivity contribution in [3.63, 3.8) is 0 Å². The summed E-state index contributed by atoms with van der Waals surface area (Å²) in [5.41, 5.74) is 6.64. The molecule has 4 heteroatoms. The highest BCUT2D eigenvalue weighted by Crippen LogP contribution is 2.64. The maximum atomic E-state index is 7.05. The van der Waals surface area contributed by atoms with Crippen LogP contribution >= 0.6 is 0 Å². The molecule has 0 aromatic carbocycles. The molecule has 2 saturated heterocycles. The van der Waals surface area contributed by atoms with Gasteiger partial charge >= 0.3 is 0 Å². The van der Waals surface area contributed by atoms with Gasteiger partial charge in [0.1, 0.15) is 6.26 Å². The summed E-state index contributed by atoms with van der Waals surface area (Å²) in [4.78, 5) is 0. The number of ether oxygens (including phenoxy) is 1. The lowest BCUT2D eigenvalue weighted by Gasteiger charge is -2.52. The SMILES string of the molecule is CC1=C2C[C@H]3[C@@H](CC[C@@H]4Cc5nocc5C[C@@]43C)C2CC[C@@]2(C1)O[C@@H]1C[C@H](C)CN[C@H]1[C@H]2C. The number of aromatic nitrogens is 1. The molecule has 6 aliphatic rings. The summed E-state index contributed by atoms with van der Waals surface area (Å²) in [7, 11) is 0. The second kappa shape index (κ2) is 7.20. The molecule has 3 heterocycles. The Morgan fingerprint density at radius 2 is 2.00 bits per heavy atom. The fourth-order valence-electron chi connectivity index (χ4n) is 9.95. The summed E-state index contributed by atoms with van der Waals surface area (Å²) in [5.74, 6) is 4.61. The van der Waals surface area contributed by atoms with Crippen LogP contribution in [0.2, 0.25) is 0 Å². The number of nitrogens with zero attached hydrogens (tertiary/aromatic N) is 1. The number of hydrogen-bond acceptors (Lipinski definition) is 4. The van der Waals surface area contributed by atoms with Crippen LogP contribution < -0.4 is 5.32 Å². The highest BCUT2D eigenvalue weighted by molar-refractivity contribution is 5.31. The fourth-order valence-corrected chi connectivity index (χ4v) is 9.95. The van der Waals surface area contributed by atoms with E-state index in [-0.39, 0.29) is 5.60 Å². The molecule has 10 atom stereocenters. The molecule has 1 aromatic heterocycles. The van der Waals surface area contributed by atoms with Crippen molar-refractivity contribution in [3.05, 3.63) is 28.7 Å². The fraction of sp³-hybridized carbons (Fsp3) is 0.828. The van der Waals surface area contributed by atoms with Crippen LogP contribution in [0.4, 0.5) is 0 Å². The van der Waals surface area contributed by atoms with Gasteiger partial charge in [0.15, 0.2) is 0 Å². The van der Waals surface area contributed by atoms with E-state index in [2.05, 4.69) is 38.2 Å². The minimum Gasteiger partial charge on any atom is -0.369 e. The van der Waals surface area contributed by atoms with Gasteiger partial charge in [-0.1, -0.05) is 37.1 Å². The molecular formula is C29H42N2O2. The first kappa shape index (κ1) is 21.2. The lowest BCUT2D eigenvalue weighted by molar-refractivity contribution is -0.0733. The van der Waals surface area contributed by atoms with E-state index in [0.29, 0.717) is 23.5 Å². The number of nitrogens with one attached hydrogen (secondary N) is 1. The number of fused-ring (bicyclic) bond motifs is 7. The predicted octanol–water partition coefficient (Wildman–Crippen LogP) is 5.71. The number of allylic oxidation sites excluding steroid dienone is 1. The molecule has 180 valence electrons. The van der Waals surface area contributed by atoms with Crippen molar-refractivity contribution in [2.24, 2.45) is 40.9 Å². The summed E-state index contributed by atoms with van der Waals surface area (Å²) < 4.78 is 12.4. The number of rotatable bonds is 0. The lowest BCUT2D eigenvalue weighted by atomic mass is 9.52. The van der Waals surface area contributed by atoms with Crippen molar-refractivity contribution in [1.82, 2.24) is 10.5 Å². The summed E-state index contributed by atoms with van der Waals surface area (Å²) in [5, 5.41) is 8.21. The Morgan fingerprint density at radius 1 is 1.12 bits per heavy atom. The highest BCUT2D eigenvalue weighted by atomic mass is 16.5. The molecule has 33 heavy (non-hydrogen) atoms. The molecule has 0 amide bonds. The third kappa shape index (κ3) is 2.92. The van der Waals surface area contributed by atoms with Crippen LogP contribution in [0.3, 0.4) is 0 Å². The molecule has 0 radical (unpaired) electrons. The molecule has 2 aliphatic heterocycles. The molecule has 0 bridgehead atoms. The van der Waals surface area contributed by atoms with E-state index in [1.165, 1.54) is 62.6 Å². The minimum absolute atomic E-state index is 0.0621. The molecule has 1 N–H and O–H groups in total. The van der Waals surface area contributed by atoms with Crippen LogP contribution in [-0.4, -0.2) is 29.4 Å². The third-order valence-corrected chi connectivity index (χ3v) is 11.8. The first-order valence-electron chi connectivity index (χ1n) is 13.9. The van der Waals surface area contributed by atoms with Crippen molar-refractivity contribution in [3.8, 4) is 0 Å². The molecule has 4 aliphatic carbocycles. The van der Waals surface area contributed by atoms with Crippen LogP contribution in [0.5, 0.6) is 0 Å². The van der Waals surface area contributed by atoms with Gasteiger partial charge in [-0.3, -0.25) is 0 Å². The highest BCUT2D eigenvalue weighted by Gasteiger charge is 2.59. The van der Waals surface area contributed by atoms with Crippen molar-refractivity contribution in [2.75, 3.05) is 6.54 Å². The lowest BCUT2D eigenvalue weighted by Crippen LogP contribution is -2.48. The van der Waals surface area contributed by atoms with Gasteiger partial charge in [-0.15, -0.1) is 0 Å². The number of hydrogen-bond donors (Lipinski definition) is 1. The standard InChI is InChI=1S/C29H42N2O2/c1-16-9-26-27(30-14-16)18(3)29(33-26)8-7-21-22-6-5-20-10-25-19(15-32-31-25)13-28(20,4)24(22)11-23(21)17(2)12-29/h15-16,18,20-22,24,26-27,30H,5-14H2,1-4H3/t16-,18+,20+,21?,22-,24-,26+,27-,28-,29-/m0/s1. The Morgan fingerprint density at radius 3 is 2.88 bits per heavy atom. The van der Waals surface area contributed by atoms with E-state index in [0.717, 1.165) is 42.6 Å². The van der Waals surface area contributed by atoms with Crippen LogP contribution in [-0.2, 0) is 17.6 Å². The molecule has 2 saturated carbocycles. The van der Waals surface area contributed by atoms with Crippen LogP contribution in [0.25, 0.3) is 0 Å². The Balaban J connectivity index is 1.19. The summed E-state index contributed by atoms with van der Waals surface area (Å²) in [6.07, 6.45) is 13.8. The van der Waals surface area contributed by atoms with Crippen molar-refractivity contribution >= 4 is 0 Å². The van der Waals surface area contributed by atoms with Crippen LogP contribution in [0, 0.1) is 40.9 Å². The molecule has 4 nitrogen and oxygen atoms in total. The predicted molar refractivity (Wildman–Crippen MR) is 129 cm³/mol. The maximum Gasteiger partial charge on any atom is 0.127 e. The monoisotopic (exact) mass is 450 g/mol. The quantitative estimate of drug-likeness (QED) is 0.514. The Bertz CT molecular complexity index is 982. The zero-order valence-electron chi connectivity index (χ0n) is 21.0. The normalized spacial score (nSPS) is 50.9. The maximum absolute atomic E-state index is 7.05. The second-order valence-corrected chi connectivity index (χ2v) is 13.3. The van der Waals surface area contributed by atoms with E-state index >= 15 is 0 Å². The largest absolute Gasteiger partial charge is 0.369 e. The number of piperidine rings is 1. The van der Waals surface area contributed by atoms with Crippen LogP contribution in [0.15, 0.2) is 21.9 Å². The first-order chi connectivity index (χ1) is 15.9. The molecule has 1 spiro atoms. The average Bonchev–Trinajstić information content (AvgIpc) is 3.43. The Hall–Kier alpha value is -1.13.